The molecule has 0 amide bonds. The van der Waals surface area contributed by atoms with Gasteiger partial charge in [-0.2, -0.15) is 0 Å². The summed E-state index contributed by atoms with van der Waals surface area (Å²) in [6.45, 7) is 0. The van der Waals surface area contributed by atoms with E-state index in [1.165, 1.54) is 33.4 Å². The number of hydrogen-bond acceptors (Lipinski definition) is 0. The zero-order chi connectivity index (χ0) is 11.9. The van der Waals surface area contributed by atoms with E-state index in [0.29, 0.717) is 0 Å². The van der Waals surface area contributed by atoms with Crippen molar-refractivity contribution in [3.63, 3.8) is 0 Å². The normalized spacial score (nSPS) is 26.2. The largest absolute Gasteiger partial charge is 0.0757 e. The molecule has 0 aromatic heterocycles. The second kappa shape index (κ2) is 3.71. The van der Waals surface area contributed by atoms with Gasteiger partial charge in [-0.05, 0) is 46.3 Å². The molecule has 86 valence electrons. The Balaban J connectivity index is 2.07. The van der Waals surface area contributed by atoms with E-state index in [1.54, 1.807) is 0 Å². The molecule has 0 nitrogen and oxygen atoms in total. The van der Waals surface area contributed by atoms with Crippen molar-refractivity contribution in [2.24, 2.45) is 0 Å². The van der Waals surface area contributed by atoms with Gasteiger partial charge in [0.15, 0.2) is 0 Å². The van der Waals surface area contributed by atoms with Crippen LogP contribution in [0.25, 0.3) is 11.1 Å². The zero-order valence-corrected chi connectivity index (χ0v) is 10.2. The first-order valence-corrected chi connectivity index (χ1v) is 6.54. The van der Waals surface area contributed by atoms with Crippen molar-refractivity contribution in [1.82, 2.24) is 0 Å². The fourth-order valence-corrected chi connectivity index (χ4v) is 3.15. The highest BCUT2D eigenvalue weighted by atomic mass is 14.3. The van der Waals surface area contributed by atoms with Gasteiger partial charge in [0.2, 0.25) is 0 Å². The summed E-state index contributed by atoms with van der Waals surface area (Å²) in [5.41, 5.74) is 8.57. The van der Waals surface area contributed by atoms with Crippen LogP contribution in [0.4, 0.5) is 0 Å². The van der Waals surface area contributed by atoms with E-state index in [1.807, 2.05) is 0 Å². The number of benzene rings is 1. The first-order valence-electron chi connectivity index (χ1n) is 6.54. The van der Waals surface area contributed by atoms with E-state index in [-0.39, 0.29) is 0 Å². The average Bonchev–Trinajstić information content (AvgIpc) is 2.70. The summed E-state index contributed by atoms with van der Waals surface area (Å²) in [7, 11) is 0. The minimum Gasteiger partial charge on any atom is -0.0757 e. The van der Waals surface area contributed by atoms with E-state index in [2.05, 4.69) is 60.7 Å². The molecule has 1 aromatic carbocycles. The summed E-state index contributed by atoms with van der Waals surface area (Å²) in [5.74, 6) is 0. The Morgan fingerprint density at radius 1 is 0.889 bits per heavy atom. The summed E-state index contributed by atoms with van der Waals surface area (Å²) >= 11 is 0. The highest BCUT2D eigenvalue weighted by molar-refractivity contribution is 6.06. The first kappa shape index (κ1) is 9.90. The quantitative estimate of drug-likeness (QED) is 0.607. The van der Waals surface area contributed by atoms with Gasteiger partial charge in [0.05, 0.1) is 0 Å². The van der Waals surface area contributed by atoms with Crippen LogP contribution < -0.4 is 0 Å². The van der Waals surface area contributed by atoms with Crippen LogP contribution in [0.1, 0.15) is 24.0 Å². The molecule has 0 heterocycles. The number of fused-ring (bicyclic) bond motifs is 3. The molecule has 4 rings (SSSR count). The second-order valence-corrected chi connectivity index (χ2v) is 4.93. The van der Waals surface area contributed by atoms with Crippen LogP contribution in [0.3, 0.4) is 0 Å². The molecule has 0 bridgehead atoms. The van der Waals surface area contributed by atoms with Gasteiger partial charge in [-0.15, -0.1) is 0 Å². The third-order valence-electron chi connectivity index (χ3n) is 3.91. The molecule has 0 N–H and O–H groups in total. The Labute approximate surface area is 107 Å². The fourth-order valence-electron chi connectivity index (χ4n) is 3.15. The molecule has 0 spiro atoms. The molecule has 1 aromatic rings. The Kier molecular flexibility index (Phi) is 2.04. The van der Waals surface area contributed by atoms with Crippen LogP contribution in [-0.2, 0) is 0 Å². The zero-order valence-electron chi connectivity index (χ0n) is 10.2. The lowest BCUT2D eigenvalue weighted by atomic mass is 9.86. The summed E-state index contributed by atoms with van der Waals surface area (Å²) in [5, 5.41) is 0. The van der Waals surface area contributed by atoms with Crippen molar-refractivity contribution in [2.45, 2.75) is 12.8 Å². The molecule has 18 heavy (non-hydrogen) atoms. The summed E-state index contributed by atoms with van der Waals surface area (Å²) < 4.78 is 0. The lowest BCUT2D eigenvalue weighted by Crippen LogP contribution is -1.97. The fraction of sp³-hybridized carbons (Fsp3) is 0.111. The Morgan fingerprint density at radius 3 is 2.72 bits per heavy atom. The van der Waals surface area contributed by atoms with Gasteiger partial charge in [-0.25, -0.2) is 0 Å². The maximum absolute atomic E-state index is 2.40. The van der Waals surface area contributed by atoms with Gasteiger partial charge in [0.25, 0.3) is 0 Å². The van der Waals surface area contributed by atoms with Crippen LogP contribution in [0.2, 0.25) is 0 Å². The molecule has 0 heteroatoms. The van der Waals surface area contributed by atoms with Crippen LogP contribution in [0.5, 0.6) is 0 Å². The Morgan fingerprint density at radius 2 is 1.78 bits per heavy atom. The molecule has 0 radical (unpaired) electrons. The lowest BCUT2D eigenvalue weighted by molar-refractivity contribution is 0.979. The number of rotatable bonds is 0. The van der Waals surface area contributed by atoms with Crippen LogP contribution in [-0.4, -0.2) is 0 Å². The molecule has 0 saturated carbocycles. The van der Waals surface area contributed by atoms with E-state index < -0.39 is 0 Å². The van der Waals surface area contributed by atoms with Crippen LogP contribution >= 0.6 is 0 Å². The minimum atomic E-state index is 1.16. The SMILES string of the molecule is C1=C2C3=C(\C=C/C=C\C=C3\CC1)c1ccccc12. The highest BCUT2D eigenvalue weighted by Crippen LogP contribution is 2.48. The van der Waals surface area contributed by atoms with Crippen molar-refractivity contribution < 1.29 is 0 Å². The van der Waals surface area contributed by atoms with Crippen LogP contribution in [0, 0.1) is 0 Å². The molecule has 0 fully saturated rings. The summed E-state index contributed by atoms with van der Waals surface area (Å²) in [4.78, 5) is 0. The van der Waals surface area contributed by atoms with E-state index >= 15 is 0 Å². The minimum absolute atomic E-state index is 1.16. The molecule has 3 aliphatic carbocycles. The average molecular weight is 230 g/mol. The monoisotopic (exact) mass is 230 g/mol. The molecular weight excluding hydrogens is 216 g/mol. The number of allylic oxidation sites excluding steroid dienone is 10. The third kappa shape index (κ3) is 1.26. The van der Waals surface area contributed by atoms with Crippen molar-refractivity contribution in [3.8, 4) is 0 Å². The van der Waals surface area contributed by atoms with Gasteiger partial charge >= 0.3 is 0 Å². The maximum atomic E-state index is 2.40. The Bertz CT molecular complexity index is 676. The van der Waals surface area contributed by atoms with Gasteiger partial charge in [0, 0.05) is 0 Å². The van der Waals surface area contributed by atoms with Crippen molar-refractivity contribution in [2.75, 3.05) is 0 Å². The van der Waals surface area contributed by atoms with E-state index in [9.17, 15) is 0 Å². The van der Waals surface area contributed by atoms with Gasteiger partial charge in [-0.3, -0.25) is 0 Å². The van der Waals surface area contributed by atoms with Crippen molar-refractivity contribution in [3.05, 3.63) is 83.0 Å². The summed E-state index contributed by atoms with van der Waals surface area (Å²) in [6.07, 6.45) is 15.7. The smallest absolute Gasteiger partial charge is 0.00699 e. The van der Waals surface area contributed by atoms with Crippen molar-refractivity contribution in [1.29, 1.82) is 0 Å². The molecule has 0 saturated heterocycles. The van der Waals surface area contributed by atoms with E-state index in [0.717, 1.165) is 12.8 Å². The topological polar surface area (TPSA) is 0 Å². The molecule has 0 atom stereocenters. The second-order valence-electron chi connectivity index (χ2n) is 4.93. The predicted molar refractivity (Wildman–Crippen MR) is 76.9 cm³/mol. The Hall–Kier alpha value is -2.08. The molecule has 0 unspecified atom stereocenters. The van der Waals surface area contributed by atoms with Crippen molar-refractivity contribution >= 4 is 11.1 Å². The van der Waals surface area contributed by atoms with E-state index in [4.69, 9.17) is 0 Å². The van der Waals surface area contributed by atoms with Gasteiger partial charge in [0.1, 0.15) is 0 Å². The highest BCUT2D eigenvalue weighted by Gasteiger charge is 2.28. The molecule has 0 aliphatic heterocycles. The molecule has 3 aliphatic rings. The standard InChI is InChI=1S/C18H14/c1-2-7-13-8-6-12-17-15-10-5-4-9-14(15)16(11-3-1)18(13)17/h1-5,7,9-12H,6,8H2/b2-1-,3-1?,7-2?,11-3-,13-7-,16-11?. The van der Waals surface area contributed by atoms with Gasteiger partial charge in [-0.1, -0.05) is 60.7 Å². The molecular formula is C18H14. The predicted octanol–water partition coefficient (Wildman–Crippen LogP) is 4.68. The number of hydrogen-bond donors (Lipinski definition) is 0. The first-order chi connectivity index (χ1) is 8.95. The third-order valence-corrected chi connectivity index (χ3v) is 3.91. The summed E-state index contributed by atoms with van der Waals surface area (Å²) in [6, 6.07) is 8.76. The van der Waals surface area contributed by atoms with Crippen LogP contribution in [0.15, 0.2) is 71.9 Å². The van der Waals surface area contributed by atoms with Gasteiger partial charge < -0.3 is 0 Å². The maximum Gasteiger partial charge on any atom is -0.00699 e. The lowest BCUT2D eigenvalue weighted by Gasteiger charge is -2.17.